The van der Waals surface area contributed by atoms with E-state index < -0.39 is 0 Å². The number of hydrogen-bond acceptors (Lipinski definition) is 5. The maximum absolute atomic E-state index is 10.4. The van der Waals surface area contributed by atoms with E-state index in [1.54, 1.807) is 0 Å². The number of β-amino-alcohol motifs (C(OH)–C–C–N with tert-alkyl or cyclic N) is 1. The molecule has 132 valence electrons. The molecule has 1 aromatic rings. The lowest BCUT2D eigenvalue weighted by Crippen LogP contribution is -2.41. The van der Waals surface area contributed by atoms with Gasteiger partial charge in [0, 0.05) is 49.6 Å². The number of hydrogen-bond donors (Lipinski definition) is 1. The summed E-state index contributed by atoms with van der Waals surface area (Å²) in [7, 11) is 0. The molecule has 3 fully saturated rings. The van der Waals surface area contributed by atoms with Crippen LogP contribution < -0.4 is 0 Å². The molecule has 1 saturated carbocycles. The Balaban J connectivity index is 1.33. The van der Waals surface area contributed by atoms with Gasteiger partial charge in [0.15, 0.2) is 0 Å². The lowest BCUT2D eigenvalue weighted by atomic mass is 9.89. The first-order chi connectivity index (χ1) is 11.8. The van der Waals surface area contributed by atoms with Crippen LogP contribution in [0.15, 0.2) is 12.4 Å². The summed E-state index contributed by atoms with van der Waals surface area (Å²) in [5.74, 6) is 1.61. The van der Waals surface area contributed by atoms with Crippen LogP contribution in [0.5, 0.6) is 0 Å². The molecule has 5 nitrogen and oxygen atoms in total. The van der Waals surface area contributed by atoms with Gasteiger partial charge in [0.05, 0.1) is 6.10 Å². The van der Waals surface area contributed by atoms with Crippen molar-refractivity contribution in [2.45, 2.75) is 69.6 Å². The van der Waals surface area contributed by atoms with E-state index in [4.69, 9.17) is 0 Å². The number of likely N-dealkylation sites (tertiary alicyclic amines) is 2. The Morgan fingerprint density at radius 3 is 2.38 bits per heavy atom. The monoisotopic (exact) mass is 330 g/mol. The minimum absolute atomic E-state index is 0.217. The molecule has 0 amide bonds. The van der Waals surface area contributed by atoms with Crippen molar-refractivity contribution in [1.82, 2.24) is 19.8 Å². The van der Waals surface area contributed by atoms with Crippen molar-refractivity contribution in [3.05, 3.63) is 23.8 Å². The molecule has 4 rings (SSSR count). The summed E-state index contributed by atoms with van der Waals surface area (Å²) in [5, 5.41) is 10.4. The van der Waals surface area contributed by atoms with Crippen LogP contribution >= 0.6 is 0 Å². The third-order valence-electron chi connectivity index (χ3n) is 6.05. The smallest absolute Gasteiger partial charge is 0.131 e. The van der Waals surface area contributed by atoms with Gasteiger partial charge in [-0.3, -0.25) is 9.80 Å². The summed E-state index contributed by atoms with van der Waals surface area (Å²) < 4.78 is 0. The average Bonchev–Trinajstić information content (AvgIpc) is 3.26. The quantitative estimate of drug-likeness (QED) is 0.917. The van der Waals surface area contributed by atoms with Gasteiger partial charge in [0.2, 0.25) is 0 Å². The molecular formula is C19H30N4O. The second-order valence-electron chi connectivity index (χ2n) is 7.86. The van der Waals surface area contributed by atoms with Crippen molar-refractivity contribution < 1.29 is 5.11 Å². The van der Waals surface area contributed by atoms with Crippen LogP contribution in [0.2, 0.25) is 0 Å². The zero-order chi connectivity index (χ0) is 16.4. The van der Waals surface area contributed by atoms with E-state index in [0.29, 0.717) is 12.0 Å². The van der Waals surface area contributed by atoms with Crippen LogP contribution in [0.1, 0.15) is 62.3 Å². The van der Waals surface area contributed by atoms with Crippen LogP contribution in [0.25, 0.3) is 0 Å². The normalized spacial score (nSPS) is 30.2. The first kappa shape index (κ1) is 16.4. The van der Waals surface area contributed by atoms with Gasteiger partial charge in [-0.25, -0.2) is 9.97 Å². The molecule has 2 saturated heterocycles. The van der Waals surface area contributed by atoms with E-state index in [-0.39, 0.29) is 6.10 Å². The fourth-order valence-corrected chi connectivity index (χ4v) is 4.68. The minimum atomic E-state index is -0.217. The number of aromatic nitrogens is 2. The topological polar surface area (TPSA) is 52.5 Å². The predicted molar refractivity (Wildman–Crippen MR) is 93.7 cm³/mol. The Morgan fingerprint density at radius 2 is 1.67 bits per heavy atom. The van der Waals surface area contributed by atoms with E-state index in [1.807, 2.05) is 12.4 Å². The molecule has 0 aromatic carbocycles. The zero-order valence-corrected chi connectivity index (χ0v) is 14.6. The van der Waals surface area contributed by atoms with Gasteiger partial charge in [-0.1, -0.05) is 19.3 Å². The molecule has 0 radical (unpaired) electrons. The highest BCUT2D eigenvalue weighted by atomic mass is 16.3. The maximum Gasteiger partial charge on any atom is 0.131 e. The van der Waals surface area contributed by atoms with Crippen LogP contribution in [-0.4, -0.2) is 63.2 Å². The summed E-state index contributed by atoms with van der Waals surface area (Å²) >= 11 is 0. The maximum atomic E-state index is 10.4. The largest absolute Gasteiger partial charge is 0.390 e. The van der Waals surface area contributed by atoms with Gasteiger partial charge in [-0.15, -0.1) is 0 Å². The number of rotatable bonds is 4. The van der Waals surface area contributed by atoms with E-state index in [9.17, 15) is 5.11 Å². The molecule has 1 N–H and O–H groups in total. The SMILES string of the molecule is O[C@H]1CN(Cc2cnc(C3CCCCC3)nc2)C[C@@H]1N1CCCC1. The molecular weight excluding hydrogens is 300 g/mol. The molecule has 0 unspecified atom stereocenters. The molecule has 3 heterocycles. The Hall–Kier alpha value is -1.04. The molecule has 3 aliphatic rings. The van der Waals surface area contributed by atoms with Gasteiger partial charge < -0.3 is 5.11 Å². The lowest BCUT2D eigenvalue weighted by molar-refractivity contribution is 0.0978. The van der Waals surface area contributed by atoms with E-state index in [1.165, 1.54) is 50.5 Å². The van der Waals surface area contributed by atoms with Gasteiger partial charge in [-0.05, 0) is 38.8 Å². The Morgan fingerprint density at radius 1 is 0.958 bits per heavy atom. The first-order valence-corrected chi connectivity index (χ1v) is 9.75. The molecule has 5 heteroatoms. The van der Waals surface area contributed by atoms with E-state index >= 15 is 0 Å². The van der Waals surface area contributed by atoms with Gasteiger partial charge in [0.1, 0.15) is 5.82 Å². The molecule has 0 bridgehead atoms. The van der Waals surface area contributed by atoms with Gasteiger partial charge >= 0.3 is 0 Å². The lowest BCUT2D eigenvalue weighted by Gasteiger charge is -2.25. The Bertz CT molecular complexity index is 523. The highest BCUT2D eigenvalue weighted by Crippen LogP contribution is 2.30. The fraction of sp³-hybridized carbons (Fsp3) is 0.789. The van der Waals surface area contributed by atoms with Gasteiger partial charge in [0.25, 0.3) is 0 Å². The minimum Gasteiger partial charge on any atom is -0.390 e. The predicted octanol–water partition coefficient (Wildman–Crippen LogP) is 2.17. The summed E-state index contributed by atoms with van der Waals surface area (Å²) in [4.78, 5) is 14.1. The molecule has 24 heavy (non-hydrogen) atoms. The number of nitrogens with zero attached hydrogens (tertiary/aromatic N) is 4. The Labute approximate surface area is 145 Å². The summed E-state index contributed by atoms with van der Waals surface area (Å²) in [6.07, 6.45) is 12.8. The second-order valence-corrected chi connectivity index (χ2v) is 7.86. The Kier molecular flexibility index (Phi) is 5.11. The van der Waals surface area contributed by atoms with Crippen LogP contribution in [0.3, 0.4) is 0 Å². The van der Waals surface area contributed by atoms with Crippen molar-refractivity contribution in [3.8, 4) is 0 Å². The standard InChI is InChI=1S/C19H30N4O/c24-18-14-22(13-17(18)23-8-4-5-9-23)12-15-10-20-19(21-11-15)16-6-2-1-3-7-16/h10-11,16-18,24H,1-9,12-14H2/t17-,18-/m0/s1. The van der Waals surface area contributed by atoms with Crippen molar-refractivity contribution in [2.24, 2.45) is 0 Å². The fourth-order valence-electron chi connectivity index (χ4n) is 4.68. The van der Waals surface area contributed by atoms with E-state index in [2.05, 4.69) is 19.8 Å². The molecule has 1 aromatic heterocycles. The van der Waals surface area contributed by atoms with Crippen molar-refractivity contribution in [2.75, 3.05) is 26.2 Å². The number of aliphatic hydroxyl groups is 1. The van der Waals surface area contributed by atoms with Crippen LogP contribution in [0.4, 0.5) is 0 Å². The molecule has 1 aliphatic carbocycles. The molecule has 2 atom stereocenters. The number of aliphatic hydroxyl groups excluding tert-OH is 1. The first-order valence-electron chi connectivity index (χ1n) is 9.75. The third-order valence-corrected chi connectivity index (χ3v) is 6.05. The second kappa shape index (κ2) is 7.46. The summed E-state index contributed by atoms with van der Waals surface area (Å²) in [5.41, 5.74) is 1.17. The molecule has 0 spiro atoms. The van der Waals surface area contributed by atoms with E-state index in [0.717, 1.165) is 38.5 Å². The van der Waals surface area contributed by atoms with Gasteiger partial charge in [-0.2, -0.15) is 0 Å². The van der Waals surface area contributed by atoms with Crippen molar-refractivity contribution in [3.63, 3.8) is 0 Å². The van der Waals surface area contributed by atoms with Crippen molar-refractivity contribution in [1.29, 1.82) is 0 Å². The van der Waals surface area contributed by atoms with Crippen LogP contribution in [-0.2, 0) is 6.54 Å². The highest BCUT2D eigenvalue weighted by molar-refractivity contribution is 5.09. The highest BCUT2D eigenvalue weighted by Gasteiger charge is 2.36. The summed E-state index contributed by atoms with van der Waals surface area (Å²) in [6.45, 7) is 4.88. The molecule has 2 aliphatic heterocycles. The van der Waals surface area contributed by atoms with Crippen LogP contribution in [0, 0.1) is 0 Å². The van der Waals surface area contributed by atoms with Crippen molar-refractivity contribution >= 4 is 0 Å². The zero-order valence-electron chi connectivity index (χ0n) is 14.6. The average molecular weight is 330 g/mol. The summed E-state index contributed by atoms with van der Waals surface area (Å²) in [6, 6.07) is 0.315. The third kappa shape index (κ3) is 3.63.